The normalized spacial score (nSPS) is 19.5. The monoisotopic (exact) mass is 276 g/mol. The maximum atomic E-state index is 5.45. The molecule has 2 nitrogen and oxygen atoms in total. The number of nitrogens with zero attached hydrogens (tertiary/aromatic N) is 1. The van der Waals surface area contributed by atoms with Crippen LogP contribution in [0, 0.1) is 17.3 Å². The first-order valence-corrected chi connectivity index (χ1v) is 7.96. The van der Waals surface area contributed by atoms with Crippen LogP contribution in [0.3, 0.4) is 0 Å². The zero-order valence-electron chi connectivity index (χ0n) is 12.0. The third kappa shape index (κ3) is 4.35. The van der Waals surface area contributed by atoms with Gasteiger partial charge in [0, 0.05) is 17.0 Å². The van der Waals surface area contributed by atoms with Crippen molar-refractivity contribution >= 4 is 11.3 Å². The fourth-order valence-corrected chi connectivity index (χ4v) is 3.43. The second-order valence-corrected chi connectivity index (χ2v) is 7.06. The van der Waals surface area contributed by atoms with Crippen LogP contribution in [0.4, 0.5) is 0 Å². The van der Waals surface area contributed by atoms with E-state index in [9.17, 15) is 0 Å². The molecule has 19 heavy (non-hydrogen) atoms. The highest BCUT2D eigenvalue weighted by Gasteiger charge is 2.23. The molecule has 0 aromatic carbocycles. The predicted octanol–water partition coefficient (Wildman–Crippen LogP) is 3.07. The number of rotatable bonds is 2. The molecule has 0 saturated carbocycles. The van der Waals surface area contributed by atoms with E-state index in [1.54, 1.807) is 0 Å². The average Bonchev–Trinajstić information content (AvgIpc) is 2.72. The summed E-state index contributed by atoms with van der Waals surface area (Å²) in [6.45, 7) is 8.68. The van der Waals surface area contributed by atoms with E-state index in [0.717, 1.165) is 6.54 Å². The van der Waals surface area contributed by atoms with E-state index in [2.05, 4.69) is 42.0 Å². The van der Waals surface area contributed by atoms with Crippen molar-refractivity contribution in [2.45, 2.75) is 39.7 Å². The van der Waals surface area contributed by atoms with E-state index in [1.165, 1.54) is 42.8 Å². The second kappa shape index (κ2) is 6.56. The molecule has 0 unspecified atom stereocenters. The first-order chi connectivity index (χ1) is 9.11. The van der Waals surface area contributed by atoms with E-state index in [4.69, 9.17) is 5.73 Å². The van der Waals surface area contributed by atoms with Gasteiger partial charge in [-0.1, -0.05) is 25.7 Å². The molecular formula is C16H24N2S. The molecule has 0 amide bonds. The zero-order chi connectivity index (χ0) is 13.7. The Morgan fingerprint density at radius 3 is 3.00 bits per heavy atom. The van der Waals surface area contributed by atoms with Gasteiger partial charge in [0.15, 0.2) is 0 Å². The van der Waals surface area contributed by atoms with Crippen LogP contribution in [0.5, 0.6) is 0 Å². The highest BCUT2D eigenvalue weighted by molar-refractivity contribution is 7.10. The van der Waals surface area contributed by atoms with Crippen LogP contribution < -0.4 is 5.73 Å². The summed E-state index contributed by atoms with van der Waals surface area (Å²) >= 11 is 1.82. The minimum absolute atomic E-state index is 0.438. The first-order valence-electron chi connectivity index (χ1n) is 7.08. The van der Waals surface area contributed by atoms with Gasteiger partial charge in [-0.25, -0.2) is 0 Å². The molecule has 0 atom stereocenters. The minimum atomic E-state index is 0.438. The Bertz CT molecular complexity index is 465. The van der Waals surface area contributed by atoms with Gasteiger partial charge in [0.25, 0.3) is 0 Å². The largest absolute Gasteiger partial charge is 0.320 e. The van der Waals surface area contributed by atoms with Gasteiger partial charge in [-0.15, -0.1) is 11.3 Å². The fourth-order valence-electron chi connectivity index (χ4n) is 2.56. The van der Waals surface area contributed by atoms with Crippen molar-refractivity contribution < 1.29 is 0 Å². The van der Waals surface area contributed by atoms with Crippen LogP contribution in [0.2, 0.25) is 0 Å². The smallest absolute Gasteiger partial charge is 0.0555 e. The summed E-state index contributed by atoms with van der Waals surface area (Å²) < 4.78 is 0. The molecule has 2 N–H and O–H groups in total. The summed E-state index contributed by atoms with van der Waals surface area (Å²) in [5.41, 5.74) is 7.12. The van der Waals surface area contributed by atoms with Crippen molar-refractivity contribution in [3.8, 4) is 11.8 Å². The van der Waals surface area contributed by atoms with E-state index in [1.807, 2.05) is 11.3 Å². The molecule has 0 bridgehead atoms. The maximum absolute atomic E-state index is 5.45. The molecule has 1 aromatic heterocycles. The molecule has 1 aromatic rings. The molecule has 3 heteroatoms. The Morgan fingerprint density at radius 2 is 2.21 bits per heavy atom. The zero-order valence-corrected chi connectivity index (χ0v) is 12.9. The number of hydrogen-bond acceptors (Lipinski definition) is 3. The second-order valence-electron chi connectivity index (χ2n) is 6.06. The Kier molecular flexibility index (Phi) is 5.04. The molecule has 1 aliphatic rings. The van der Waals surface area contributed by atoms with Crippen LogP contribution in [0.1, 0.15) is 43.6 Å². The molecule has 1 saturated heterocycles. The number of thiophene rings is 1. The summed E-state index contributed by atoms with van der Waals surface area (Å²) in [5, 5.41) is 2.14. The molecule has 1 fully saturated rings. The Hall–Kier alpha value is -0.820. The first kappa shape index (κ1) is 14.6. The standard InChI is InChI=1S/C16H24N2S/c1-16(2)7-4-10-18(11-8-16)13-15-14(5-3-9-17)6-12-19-15/h6,12H,4,7-11,13,17H2,1-2H3. The lowest BCUT2D eigenvalue weighted by molar-refractivity contribution is 0.257. The van der Waals surface area contributed by atoms with Crippen LogP contribution in [0.25, 0.3) is 0 Å². The van der Waals surface area contributed by atoms with Crippen molar-refractivity contribution in [2.24, 2.45) is 11.1 Å². The van der Waals surface area contributed by atoms with Gasteiger partial charge in [0.2, 0.25) is 0 Å². The number of likely N-dealkylation sites (tertiary alicyclic amines) is 1. The third-order valence-electron chi connectivity index (χ3n) is 3.87. The van der Waals surface area contributed by atoms with Crippen molar-refractivity contribution in [2.75, 3.05) is 19.6 Å². The molecular weight excluding hydrogens is 252 g/mol. The Labute approximate surface area is 121 Å². The van der Waals surface area contributed by atoms with E-state index in [-0.39, 0.29) is 0 Å². The predicted molar refractivity (Wildman–Crippen MR) is 83.2 cm³/mol. The van der Waals surface area contributed by atoms with Crippen molar-refractivity contribution in [3.05, 3.63) is 21.9 Å². The lowest BCUT2D eigenvalue weighted by atomic mass is 9.85. The van der Waals surface area contributed by atoms with Crippen LogP contribution in [-0.2, 0) is 6.54 Å². The van der Waals surface area contributed by atoms with Gasteiger partial charge < -0.3 is 5.73 Å². The molecule has 104 valence electrons. The van der Waals surface area contributed by atoms with Crippen molar-refractivity contribution in [3.63, 3.8) is 0 Å². The highest BCUT2D eigenvalue weighted by Crippen LogP contribution is 2.30. The summed E-state index contributed by atoms with van der Waals surface area (Å²) in [4.78, 5) is 3.97. The third-order valence-corrected chi connectivity index (χ3v) is 4.78. The van der Waals surface area contributed by atoms with Crippen molar-refractivity contribution in [1.29, 1.82) is 0 Å². The Balaban J connectivity index is 1.99. The van der Waals surface area contributed by atoms with Gasteiger partial charge in [-0.05, 0) is 49.2 Å². The fraction of sp³-hybridized carbons (Fsp3) is 0.625. The van der Waals surface area contributed by atoms with Gasteiger partial charge in [0.05, 0.1) is 6.54 Å². The minimum Gasteiger partial charge on any atom is -0.320 e. The van der Waals surface area contributed by atoms with Gasteiger partial charge in [-0.3, -0.25) is 4.90 Å². The average molecular weight is 276 g/mol. The lowest BCUT2D eigenvalue weighted by Gasteiger charge is -2.23. The molecule has 0 radical (unpaired) electrons. The topological polar surface area (TPSA) is 29.3 Å². The van der Waals surface area contributed by atoms with Gasteiger partial charge >= 0.3 is 0 Å². The Morgan fingerprint density at radius 1 is 1.37 bits per heavy atom. The SMILES string of the molecule is CC1(C)CCCN(Cc2sccc2C#CCN)CC1. The van der Waals surface area contributed by atoms with Gasteiger partial charge in [0.1, 0.15) is 0 Å². The molecule has 2 heterocycles. The summed E-state index contributed by atoms with van der Waals surface area (Å²) in [6, 6.07) is 2.12. The molecule has 0 aliphatic carbocycles. The van der Waals surface area contributed by atoms with Crippen LogP contribution in [-0.4, -0.2) is 24.5 Å². The van der Waals surface area contributed by atoms with Crippen LogP contribution >= 0.6 is 11.3 Å². The maximum Gasteiger partial charge on any atom is 0.0555 e. The summed E-state index contributed by atoms with van der Waals surface area (Å²) in [5.74, 6) is 6.14. The number of hydrogen-bond donors (Lipinski definition) is 1. The highest BCUT2D eigenvalue weighted by atomic mass is 32.1. The van der Waals surface area contributed by atoms with E-state index in [0.29, 0.717) is 12.0 Å². The number of nitrogens with two attached hydrogens (primary N) is 1. The van der Waals surface area contributed by atoms with Crippen molar-refractivity contribution in [1.82, 2.24) is 4.90 Å². The summed E-state index contributed by atoms with van der Waals surface area (Å²) in [7, 11) is 0. The van der Waals surface area contributed by atoms with Crippen LogP contribution in [0.15, 0.2) is 11.4 Å². The van der Waals surface area contributed by atoms with Gasteiger partial charge in [-0.2, -0.15) is 0 Å². The lowest BCUT2D eigenvalue weighted by Crippen LogP contribution is -2.24. The molecule has 0 spiro atoms. The quantitative estimate of drug-likeness (QED) is 0.841. The molecule has 2 rings (SSSR count). The van der Waals surface area contributed by atoms with E-state index >= 15 is 0 Å². The summed E-state index contributed by atoms with van der Waals surface area (Å²) in [6.07, 6.45) is 3.94. The van der Waals surface area contributed by atoms with E-state index < -0.39 is 0 Å². The molecule has 1 aliphatic heterocycles.